The van der Waals surface area contributed by atoms with Crippen LogP contribution in [0.5, 0.6) is 5.75 Å². The lowest BCUT2D eigenvalue weighted by molar-refractivity contribution is -0.154. The second-order valence-corrected chi connectivity index (χ2v) is 5.68. The highest BCUT2D eigenvalue weighted by molar-refractivity contribution is 5.87. The van der Waals surface area contributed by atoms with E-state index in [4.69, 9.17) is 9.84 Å². The topological polar surface area (TPSA) is 46.5 Å². The first-order chi connectivity index (χ1) is 10.4. The second kappa shape index (κ2) is 8.42. The Hall–Kier alpha value is -2.03. The first kappa shape index (κ1) is 18.0. The molecule has 22 heavy (non-hydrogen) atoms. The Morgan fingerprint density at radius 1 is 1.36 bits per heavy atom. The molecule has 2 rings (SSSR count). The molecular formula is C19H26O3. The largest absolute Gasteiger partial charge is 0.507 e. The molecular weight excluding hydrogens is 276 g/mol. The van der Waals surface area contributed by atoms with Gasteiger partial charge in [0.15, 0.2) is 0 Å². The minimum absolute atomic E-state index is 0.171. The van der Waals surface area contributed by atoms with Gasteiger partial charge in [-0.05, 0) is 45.1 Å². The molecule has 0 heterocycles. The molecule has 0 aromatic heterocycles. The number of carbonyl (C=O) groups is 1. The monoisotopic (exact) mass is 302 g/mol. The summed E-state index contributed by atoms with van der Waals surface area (Å²) in [6.07, 6.45) is 6.93. The quantitative estimate of drug-likeness (QED) is 0.638. The molecule has 0 aliphatic heterocycles. The molecule has 1 N–H and O–H groups in total. The van der Waals surface area contributed by atoms with E-state index < -0.39 is 0 Å². The summed E-state index contributed by atoms with van der Waals surface area (Å²) in [5, 5.41) is 9.04. The lowest BCUT2D eigenvalue weighted by Crippen LogP contribution is -2.31. The molecule has 1 saturated carbocycles. The number of ether oxygens (including phenoxy) is 1. The minimum Gasteiger partial charge on any atom is -0.507 e. The van der Waals surface area contributed by atoms with Crippen molar-refractivity contribution in [1.29, 1.82) is 0 Å². The third-order valence-corrected chi connectivity index (χ3v) is 3.97. The molecule has 0 bridgehead atoms. The molecule has 3 nitrogen and oxygen atoms in total. The van der Waals surface area contributed by atoms with Crippen LogP contribution in [0.4, 0.5) is 0 Å². The number of rotatable bonds is 4. The van der Waals surface area contributed by atoms with Gasteiger partial charge in [0, 0.05) is 11.1 Å². The van der Waals surface area contributed by atoms with Crippen molar-refractivity contribution in [3.63, 3.8) is 0 Å². The van der Waals surface area contributed by atoms with Crippen molar-refractivity contribution >= 4 is 12.0 Å². The molecule has 0 unspecified atom stereocenters. The summed E-state index contributed by atoms with van der Waals surface area (Å²) in [6, 6.07) is 7.08. The number of phenols is 1. The van der Waals surface area contributed by atoms with Crippen molar-refractivity contribution in [3.8, 4) is 5.75 Å². The Bertz CT molecular complexity index is 525. The molecule has 0 amide bonds. The number of esters is 1. The summed E-state index contributed by atoms with van der Waals surface area (Å²) in [7, 11) is 0. The summed E-state index contributed by atoms with van der Waals surface area (Å²) >= 11 is 0. The second-order valence-electron chi connectivity index (χ2n) is 5.68. The molecule has 0 saturated heterocycles. The average Bonchev–Trinajstić information content (AvgIpc) is 2.97. The van der Waals surface area contributed by atoms with Gasteiger partial charge < -0.3 is 9.84 Å². The van der Waals surface area contributed by atoms with Crippen molar-refractivity contribution in [2.45, 2.75) is 51.6 Å². The smallest absolute Gasteiger partial charge is 0.333 e. The summed E-state index contributed by atoms with van der Waals surface area (Å²) in [5.41, 5.74) is 1.10. The fourth-order valence-electron chi connectivity index (χ4n) is 2.49. The number of hydrogen-bond acceptors (Lipinski definition) is 3. The van der Waals surface area contributed by atoms with Crippen LogP contribution in [0, 0.1) is 0 Å². The maximum atomic E-state index is 11.3. The van der Waals surface area contributed by atoms with E-state index in [9.17, 15) is 4.79 Å². The highest BCUT2D eigenvalue weighted by atomic mass is 16.6. The Kier molecular flexibility index (Phi) is 6.90. The molecule has 1 aromatic rings. The number of phenolic OH excluding ortho intramolecular Hbond substituents is 1. The Morgan fingerprint density at radius 2 is 1.95 bits per heavy atom. The van der Waals surface area contributed by atoms with Crippen LogP contribution in [0.3, 0.4) is 0 Å². The van der Waals surface area contributed by atoms with Crippen LogP contribution in [-0.4, -0.2) is 16.7 Å². The first-order valence-corrected chi connectivity index (χ1v) is 7.73. The maximum absolute atomic E-state index is 11.3. The van der Waals surface area contributed by atoms with Crippen LogP contribution < -0.4 is 0 Å². The van der Waals surface area contributed by atoms with Crippen LogP contribution in [0.25, 0.3) is 6.08 Å². The van der Waals surface area contributed by atoms with E-state index in [0.717, 1.165) is 24.8 Å². The highest BCUT2D eigenvalue weighted by Gasteiger charge is 2.35. The predicted octanol–water partition coefficient (Wildman–Crippen LogP) is 4.86. The van der Waals surface area contributed by atoms with Gasteiger partial charge in [-0.1, -0.05) is 44.4 Å². The van der Waals surface area contributed by atoms with E-state index in [1.165, 1.54) is 12.8 Å². The zero-order chi connectivity index (χ0) is 16.6. The third kappa shape index (κ3) is 5.06. The fraction of sp³-hybridized carbons (Fsp3) is 0.421. The number of para-hydroxylation sites is 1. The Labute approximate surface area is 133 Å². The molecule has 1 aliphatic rings. The van der Waals surface area contributed by atoms with Crippen LogP contribution in [0.15, 0.2) is 43.0 Å². The Morgan fingerprint density at radius 3 is 2.36 bits per heavy atom. The van der Waals surface area contributed by atoms with Gasteiger partial charge in [-0.3, -0.25) is 0 Å². The zero-order valence-corrected chi connectivity index (χ0v) is 13.6. The summed E-state index contributed by atoms with van der Waals surface area (Å²) in [6.45, 7) is 10.9. The minimum atomic E-state index is -0.233. The third-order valence-electron chi connectivity index (χ3n) is 3.97. The average molecular weight is 302 g/mol. The molecule has 1 aliphatic carbocycles. The number of aromatic hydroxyl groups is 1. The van der Waals surface area contributed by atoms with Gasteiger partial charge in [0.05, 0.1) is 0 Å². The number of benzene rings is 1. The van der Waals surface area contributed by atoms with Gasteiger partial charge in [0.25, 0.3) is 0 Å². The molecule has 1 fully saturated rings. The van der Waals surface area contributed by atoms with E-state index in [1.807, 2.05) is 12.1 Å². The van der Waals surface area contributed by atoms with Gasteiger partial charge in [-0.2, -0.15) is 0 Å². The maximum Gasteiger partial charge on any atom is 0.333 e. The molecule has 120 valence electrons. The number of hydrogen-bond donors (Lipinski definition) is 1. The van der Waals surface area contributed by atoms with E-state index in [2.05, 4.69) is 20.1 Å². The number of carbonyl (C=O) groups excluding carboxylic acids is 1. The van der Waals surface area contributed by atoms with E-state index >= 15 is 0 Å². The van der Waals surface area contributed by atoms with Crippen LogP contribution in [0.1, 0.15) is 51.5 Å². The lowest BCUT2D eigenvalue weighted by Gasteiger charge is -2.27. The molecule has 0 radical (unpaired) electrons. The van der Waals surface area contributed by atoms with Crippen LogP contribution >= 0.6 is 0 Å². The van der Waals surface area contributed by atoms with Gasteiger partial charge in [-0.25, -0.2) is 4.79 Å². The van der Waals surface area contributed by atoms with E-state index in [1.54, 1.807) is 25.1 Å². The van der Waals surface area contributed by atoms with Crippen molar-refractivity contribution < 1.29 is 14.6 Å². The molecule has 3 heteroatoms. The van der Waals surface area contributed by atoms with Gasteiger partial charge in [0.2, 0.25) is 0 Å². The fourth-order valence-corrected chi connectivity index (χ4v) is 2.49. The van der Waals surface area contributed by atoms with Crippen molar-refractivity contribution in [2.75, 3.05) is 0 Å². The SMILES string of the molecule is C=C(C)C(=O)OC1(CC)CCCC1.C=Cc1ccccc1O. The zero-order valence-electron chi connectivity index (χ0n) is 13.6. The summed E-state index contributed by atoms with van der Waals surface area (Å²) in [4.78, 5) is 11.3. The first-order valence-electron chi connectivity index (χ1n) is 7.73. The standard InChI is InChI=1S/C11H18O2.C8H8O/c1-4-11(7-5-6-8-11)13-10(12)9(2)3;1-2-7-5-3-4-6-8(7)9/h2,4-8H2,1,3H3;2-6,9H,1H2. The van der Waals surface area contributed by atoms with E-state index in [0.29, 0.717) is 5.57 Å². The summed E-state index contributed by atoms with van der Waals surface area (Å²) in [5.74, 6) is 0.0521. The lowest BCUT2D eigenvalue weighted by atomic mass is 9.99. The van der Waals surface area contributed by atoms with Gasteiger partial charge >= 0.3 is 5.97 Å². The normalized spacial score (nSPS) is 15.4. The van der Waals surface area contributed by atoms with Crippen molar-refractivity contribution in [1.82, 2.24) is 0 Å². The van der Waals surface area contributed by atoms with Crippen LogP contribution in [-0.2, 0) is 9.53 Å². The van der Waals surface area contributed by atoms with E-state index in [-0.39, 0.29) is 17.3 Å². The van der Waals surface area contributed by atoms with Crippen LogP contribution in [0.2, 0.25) is 0 Å². The molecule has 0 atom stereocenters. The van der Waals surface area contributed by atoms with Gasteiger partial charge in [0.1, 0.15) is 11.4 Å². The van der Waals surface area contributed by atoms with Crippen molar-refractivity contribution in [2.24, 2.45) is 0 Å². The Balaban J connectivity index is 0.000000235. The van der Waals surface area contributed by atoms with Gasteiger partial charge in [-0.15, -0.1) is 0 Å². The summed E-state index contributed by atoms with van der Waals surface area (Å²) < 4.78 is 5.47. The molecule has 0 spiro atoms. The predicted molar refractivity (Wildman–Crippen MR) is 90.6 cm³/mol. The molecule has 1 aromatic carbocycles. The highest BCUT2D eigenvalue weighted by Crippen LogP contribution is 2.36. The van der Waals surface area contributed by atoms with Crippen molar-refractivity contribution in [3.05, 3.63) is 48.6 Å².